The van der Waals surface area contributed by atoms with Crippen LogP contribution < -0.4 is 4.74 Å². The first-order valence-electron chi connectivity index (χ1n) is 8.81. The number of fused-ring (bicyclic) bond motifs is 2. The van der Waals surface area contributed by atoms with Gasteiger partial charge >= 0.3 is 0 Å². The fraction of sp³-hybridized carbons (Fsp3) is 0.286. The average Bonchev–Trinajstić information content (AvgIpc) is 3.38. The summed E-state index contributed by atoms with van der Waals surface area (Å²) in [5, 5.41) is 0.972. The SMILES string of the molecule is O=C(c1cc2ccccc2o1)N1CC[C@H](c2ccc3c(c2)CCO3)C1. The fourth-order valence-corrected chi connectivity index (χ4v) is 3.92. The molecule has 0 unspecified atom stereocenters. The zero-order chi connectivity index (χ0) is 16.8. The lowest BCUT2D eigenvalue weighted by Gasteiger charge is -2.15. The summed E-state index contributed by atoms with van der Waals surface area (Å²) < 4.78 is 11.3. The van der Waals surface area contributed by atoms with Crippen molar-refractivity contribution in [3.63, 3.8) is 0 Å². The summed E-state index contributed by atoms with van der Waals surface area (Å²) in [6, 6.07) is 16.0. The number of hydrogen-bond acceptors (Lipinski definition) is 3. The summed E-state index contributed by atoms with van der Waals surface area (Å²) in [6.07, 6.45) is 1.98. The van der Waals surface area contributed by atoms with Crippen LogP contribution >= 0.6 is 0 Å². The second kappa shape index (κ2) is 5.66. The topological polar surface area (TPSA) is 42.7 Å². The van der Waals surface area contributed by atoms with E-state index in [9.17, 15) is 4.79 Å². The van der Waals surface area contributed by atoms with Crippen LogP contribution in [-0.2, 0) is 6.42 Å². The molecule has 0 bridgehead atoms. The van der Waals surface area contributed by atoms with Gasteiger partial charge in [-0.05, 0) is 35.7 Å². The van der Waals surface area contributed by atoms with Gasteiger partial charge in [0.25, 0.3) is 5.91 Å². The number of ether oxygens (including phenoxy) is 1. The molecule has 1 fully saturated rings. The number of para-hydroxylation sites is 1. The van der Waals surface area contributed by atoms with Crippen LogP contribution in [0.1, 0.15) is 34.0 Å². The van der Waals surface area contributed by atoms with Gasteiger partial charge in [0.2, 0.25) is 0 Å². The maximum absolute atomic E-state index is 12.8. The van der Waals surface area contributed by atoms with Gasteiger partial charge in [-0.2, -0.15) is 0 Å². The molecule has 4 heteroatoms. The van der Waals surface area contributed by atoms with E-state index in [0.717, 1.165) is 49.3 Å². The summed E-state index contributed by atoms with van der Waals surface area (Å²) >= 11 is 0. The smallest absolute Gasteiger partial charge is 0.289 e. The minimum absolute atomic E-state index is 0.0109. The van der Waals surface area contributed by atoms with Crippen LogP contribution in [-0.4, -0.2) is 30.5 Å². The Kier molecular flexibility index (Phi) is 3.30. The van der Waals surface area contributed by atoms with E-state index in [1.54, 1.807) is 0 Å². The molecule has 4 nitrogen and oxygen atoms in total. The van der Waals surface area contributed by atoms with Crippen molar-refractivity contribution in [1.82, 2.24) is 4.90 Å². The number of rotatable bonds is 2. The standard InChI is InChI=1S/C21H19NO3/c23-21(20-12-15-3-1-2-4-19(15)25-20)22-9-7-17(13-22)14-5-6-18-16(11-14)8-10-24-18/h1-6,11-12,17H,7-10,13H2/t17-/m0/s1. The van der Waals surface area contributed by atoms with Crippen molar-refractivity contribution in [2.75, 3.05) is 19.7 Å². The van der Waals surface area contributed by atoms with Crippen molar-refractivity contribution < 1.29 is 13.9 Å². The number of nitrogens with zero attached hydrogens (tertiary/aromatic N) is 1. The predicted octanol–water partition coefficient (Wildman–Crippen LogP) is 4.00. The summed E-state index contributed by atoms with van der Waals surface area (Å²) in [5.41, 5.74) is 3.36. The lowest BCUT2D eigenvalue weighted by molar-refractivity contribution is 0.0761. The molecule has 3 aromatic rings. The molecule has 1 atom stereocenters. The van der Waals surface area contributed by atoms with E-state index in [-0.39, 0.29) is 5.91 Å². The monoisotopic (exact) mass is 333 g/mol. The number of amides is 1. The zero-order valence-electron chi connectivity index (χ0n) is 13.9. The van der Waals surface area contributed by atoms with E-state index in [4.69, 9.17) is 9.15 Å². The molecule has 5 rings (SSSR count). The number of hydrogen-bond donors (Lipinski definition) is 0. The van der Waals surface area contributed by atoms with Crippen molar-refractivity contribution in [1.29, 1.82) is 0 Å². The summed E-state index contributed by atoms with van der Waals surface area (Å²) in [4.78, 5) is 14.7. The Labute approximate surface area is 146 Å². The fourth-order valence-electron chi connectivity index (χ4n) is 3.92. The quantitative estimate of drug-likeness (QED) is 0.712. The lowest BCUT2D eigenvalue weighted by atomic mass is 9.96. The highest BCUT2D eigenvalue weighted by Crippen LogP contribution is 2.33. The van der Waals surface area contributed by atoms with Crippen molar-refractivity contribution in [2.24, 2.45) is 0 Å². The highest BCUT2D eigenvalue weighted by molar-refractivity contribution is 5.96. The van der Waals surface area contributed by atoms with Crippen LogP contribution in [0.2, 0.25) is 0 Å². The van der Waals surface area contributed by atoms with E-state index in [1.807, 2.05) is 35.2 Å². The van der Waals surface area contributed by atoms with Gasteiger partial charge < -0.3 is 14.1 Å². The third kappa shape index (κ3) is 2.49. The number of benzene rings is 2. The van der Waals surface area contributed by atoms with Crippen LogP contribution in [0.5, 0.6) is 5.75 Å². The second-order valence-corrected chi connectivity index (χ2v) is 6.85. The molecule has 2 aliphatic rings. The first kappa shape index (κ1) is 14.6. The molecule has 0 N–H and O–H groups in total. The molecule has 1 amide bonds. The van der Waals surface area contributed by atoms with Crippen molar-refractivity contribution in [2.45, 2.75) is 18.8 Å². The van der Waals surface area contributed by atoms with Crippen molar-refractivity contribution in [3.8, 4) is 5.75 Å². The average molecular weight is 333 g/mol. The first-order valence-corrected chi connectivity index (χ1v) is 8.81. The summed E-state index contributed by atoms with van der Waals surface area (Å²) in [7, 11) is 0. The van der Waals surface area contributed by atoms with Gasteiger partial charge in [-0.3, -0.25) is 4.79 Å². The van der Waals surface area contributed by atoms with Gasteiger partial charge in [0.05, 0.1) is 6.61 Å². The normalized spacial score (nSPS) is 19.2. The van der Waals surface area contributed by atoms with Crippen molar-refractivity contribution >= 4 is 16.9 Å². The van der Waals surface area contributed by atoms with Crippen LogP contribution in [0, 0.1) is 0 Å². The van der Waals surface area contributed by atoms with Crippen LogP contribution in [0.3, 0.4) is 0 Å². The Hall–Kier alpha value is -2.75. The molecular formula is C21H19NO3. The third-order valence-electron chi connectivity index (χ3n) is 5.30. The first-order chi connectivity index (χ1) is 12.3. The molecule has 0 aliphatic carbocycles. The van der Waals surface area contributed by atoms with Gasteiger partial charge in [-0.15, -0.1) is 0 Å². The van der Waals surface area contributed by atoms with Crippen LogP contribution in [0.4, 0.5) is 0 Å². The van der Waals surface area contributed by atoms with E-state index in [1.165, 1.54) is 11.1 Å². The van der Waals surface area contributed by atoms with Gasteiger partial charge in [0, 0.05) is 30.8 Å². The highest BCUT2D eigenvalue weighted by atomic mass is 16.5. The minimum Gasteiger partial charge on any atom is -0.493 e. The van der Waals surface area contributed by atoms with Gasteiger partial charge in [-0.1, -0.05) is 30.3 Å². The van der Waals surface area contributed by atoms with Gasteiger partial charge in [0.15, 0.2) is 5.76 Å². The highest BCUT2D eigenvalue weighted by Gasteiger charge is 2.30. The third-order valence-corrected chi connectivity index (χ3v) is 5.30. The number of carbonyl (C=O) groups excluding carboxylic acids is 1. The zero-order valence-corrected chi connectivity index (χ0v) is 13.9. The molecule has 1 aromatic heterocycles. The van der Waals surface area contributed by atoms with E-state index >= 15 is 0 Å². The number of likely N-dealkylation sites (tertiary alicyclic amines) is 1. The Morgan fingerprint density at radius 2 is 2.04 bits per heavy atom. The molecule has 0 saturated carbocycles. The van der Waals surface area contributed by atoms with Crippen LogP contribution in [0.25, 0.3) is 11.0 Å². The Morgan fingerprint density at radius 3 is 2.96 bits per heavy atom. The molecule has 2 aromatic carbocycles. The molecular weight excluding hydrogens is 314 g/mol. The Balaban J connectivity index is 1.35. The Morgan fingerprint density at radius 1 is 1.12 bits per heavy atom. The molecule has 2 aliphatic heterocycles. The Bertz CT molecular complexity index is 926. The molecule has 0 spiro atoms. The van der Waals surface area contributed by atoms with Gasteiger partial charge in [0.1, 0.15) is 11.3 Å². The lowest BCUT2D eigenvalue weighted by Crippen LogP contribution is -2.28. The van der Waals surface area contributed by atoms with E-state index < -0.39 is 0 Å². The van der Waals surface area contributed by atoms with E-state index in [0.29, 0.717) is 11.7 Å². The molecule has 0 radical (unpaired) electrons. The maximum Gasteiger partial charge on any atom is 0.289 e. The summed E-state index contributed by atoms with van der Waals surface area (Å²) in [6.45, 7) is 2.30. The van der Waals surface area contributed by atoms with Crippen LogP contribution in [0.15, 0.2) is 52.9 Å². The number of furan rings is 1. The second-order valence-electron chi connectivity index (χ2n) is 6.85. The molecule has 25 heavy (non-hydrogen) atoms. The number of carbonyl (C=O) groups is 1. The minimum atomic E-state index is -0.0109. The largest absolute Gasteiger partial charge is 0.493 e. The van der Waals surface area contributed by atoms with E-state index in [2.05, 4.69) is 18.2 Å². The van der Waals surface area contributed by atoms with Crippen molar-refractivity contribution in [3.05, 3.63) is 65.4 Å². The molecule has 3 heterocycles. The predicted molar refractivity (Wildman–Crippen MR) is 95.1 cm³/mol. The maximum atomic E-state index is 12.8. The molecule has 1 saturated heterocycles. The molecule has 126 valence electrons. The summed E-state index contributed by atoms with van der Waals surface area (Å²) in [5.74, 6) is 1.82. The van der Waals surface area contributed by atoms with Gasteiger partial charge in [-0.25, -0.2) is 0 Å².